The Labute approximate surface area is 158 Å². The minimum atomic E-state index is -0.606. The number of methoxy groups -OCH3 is 1. The molecule has 0 bridgehead atoms. The molecule has 9 heteroatoms. The zero-order chi connectivity index (χ0) is 18.5. The quantitative estimate of drug-likeness (QED) is 0.367. The molecule has 134 valence electrons. The maximum Gasteiger partial charge on any atom is 0.247 e. The van der Waals surface area contributed by atoms with Crippen LogP contribution in [0.1, 0.15) is 11.3 Å². The minimum absolute atomic E-state index is 0.0698. The molecule has 2 heterocycles. The number of ether oxygens (including phenoxy) is 1. The van der Waals surface area contributed by atoms with E-state index in [-0.39, 0.29) is 23.4 Å². The van der Waals surface area contributed by atoms with Gasteiger partial charge in [-0.2, -0.15) is 5.10 Å². The number of benzene rings is 1. The lowest BCUT2D eigenvalue weighted by Crippen LogP contribution is -2.31. The third-order valence-corrected chi connectivity index (χ3v) is 5.37. The van der Waals surface area contributed by atoms with Gasteiger partial charge in [-0.3, -0.25) is 9.59 Å². The van der Waals surface area contributed by atoms with Gasteiger partial charge in [-0.05, 0) is 35.7 Å². The predicted octanol–water partition coefficient (Wildman–Crippen LogP) is 2.47. The van der Waals surface area contributed by atoms with E-state index < -0.39 is 5.25 Å². The van der Waals surface area contributed by atoms with Gasteiger partial charge in [-0.15, -0.1) is 16.4 Å². The van der Waals surface area contributed by atoms with Crippen LogP contribution in [0.2, 0.25) is 0 Å². The van der Waals surface area contributed by atoms with Gasteiger partial charge >= 0.3 is 0 Å². The molecule has 1 aliphatic rings. The van der Waals surface area contributed by atoms with Crippen molar-refractivity contribution >= 4 is 52.0 Å². The van der Waals surface area contributed by atoms with E-state index in [1.54, 1.807) is 37.6 Å². The van der Waals surface area contributed by atoms with Gasteiger partial charge in [0.25, 0.3) is 0 Å². The van der Waals surface area contributed by atoms with Crippen LogP contribution in [0.5, 0.6) is 5.75 Å². The Morgan fingerprint density at radius 2 is 2.12 bits per heavy atom. The lowest BCUT2D eigenvalue weighted by molar-refractivity contribution is -0.121. The largest absolute Gasteiger partial charge is 0.497 e. The first-order chi connectivity index (χ1) is 12.6. The highest BCUT2D eigenvalue weighted by Gasteiger charge is 2.40. The number of rotatable bonds is 5. The summed E-state index contributed by atoms with van der Waals surface area (Å²) in [7, 11) is 1.55. The average molecular weight is 388 g/mol. The van der Waals surface area contributed by atoms with Gasteiger partial charge in [0.05, 0.1) is 19.0 Å². The molecule has 1 aromatic carbocycles. The zero-order valence-corrected chi connectivity index (χ0v) is 15.5. The first-order valence-corrected chi connectivity index (χ1v) is 9.42. The lowest BCUT2D eigenvalue weighted by atomic mass is 10.3. The number of hydrogen-bond acceptors (Lipinski definition) is 7. The van der Waals surface area contributed by atoms with Crippen molar-refractivity contribution in [3.05, 3.63) is 46.7 Å². The smallest absolute Gasteiger partial charge is 0.247 e. The first kappa shape index (κ1) is 18.2. The fourth-order valence-corrected chi connectivity index (χ4v) is 3.77. The van der Waals surface area contributed by atoms with Crippen LogP contribution in [0, 0.1) is 0 Å². The van der Waals surface area contributed by atoms with Gasteiger partial charge in [-0.25, -0.2) is 4.90 Å². The van der Waals surface area contributed by atoms with Crippen LogP contribution < -0.4 is 15.4 Å². The van der Waals surface area contributed by atoms with Crippen molar-refractivity contribution in [2.45, 2.75) is 11.7 Å². The van der Waals surface area contributed by atoms with E-state index >= 15 is 0 Å². The number of amides is 2. The molecule has 2 N–H and O–H groups in total. The highest BCUT2D eigenvalue weighted by atomic mass is 32.2. The molecule has 1 fully saturated rings. The normalized spacial score (nSPS) is 18.1. The maximum absolute atomic E-state index is 12.6. The number of nitrogens with zero attached hydrogens (tertiary/aromatic N) is 3. The maximum atomic E-state index is 12.6. The van der Waals surface area contributed by atoms with Crippen molar-refractivity contribution < 1.29 is 14.3 Å². The molecule has 3 rings (SSSR count). The molecule has 2 amide bonds. The number of amidine groups is 1. The Hall–Kier alpha value is -2.65. The molecule has 0 saturated carbocycles. The standard InChI is InChI=1S/C17H16N4O3S2/c1-24-12-6-4-11(5-7-12)21-15(22)9-14(16(21)23)26-17(18)20-19-10-13-3-2-8-25-13/h2-8,10,14H,9H2,1H3,(H2,18,20)/b19-10+. The Bertz CT molecular complexity index is 847. The van der Waals surface area contributed by atoms with Crippen LogP contribution in [-0.4, -0.2) is 35.6 Å². The van der Waals surface area contributed by atoms with E-state index in [1.165, 1.54) is 16.2 Å². The number of thiophene rings is 1. The number of carbonyl (C=O) groups excluding carboxylic acids is 2. The lowest BCUT2D eigenvalue weighted by Gasteiger charge is -2.15. The van der Waals surface area contributed by atoms with Crippen molar-refractivity contribution in [1.82, 2.24) is 0 Å². The molecule has 7 nitrogen and oxygen atoms in total. The summed E-state index contributed by atoms with van der Waals surface area (Å²) in [6.07, 6.45) is 1.66. The Kier molecular flexibility index (Phi) is 5.69. The molecule has 26 heavy (non-hydrogen) atoms. The molecule has 1 unspecified atom stereocenters. The molecule has 1 saturated heterocycles. The number of nitrogens with two attached hydrogens (primary N) is 1. The summed E-state index contributed by atoms with van der Waals surface area (Å²) >= 11 is 2.57. The number of imide groups is 1. The molecule has 2 aromatic rings. The van der Waals surface area contributed by atoms with E-state index in [2.05, 4.69) is 10.2 Å². The van der Waals surface area contributed by atoms with Crippen molar-refractivity contribution in [3.63, 3.8) is 0 Å². The van der Waals surface area contributed by atoms with Gasteiger partial charge in [0.2, 0.25) is 11.8 Å². The van der Waals surface area contributed by atoms with Crippen molar-refractivity contribution in [3.8, 4) is 5.75 Å². The van der Waals surface area contributed by atoms with Gasteiger partial charge < -0.3 is 10.5 Å². The van der Waals surface area contributed by atoms with Crippen LogP contribution in [0.4, 0.5) is 5.69 Å². The van der Waals surface area contributed by atoms with E-state index in [9.17, 15) is 9.59 Å². The fraction of sp³-hybridized carbons (Fsp3) is 0.176. The Balaban J connectivity index is 1.66. The summed E-state index contributed by atoms with van der Waals surface area (Å²) in [6.45, 7) is 0. The second-order valence-corrected chi connectivity index (χ2v) is 7.48. The molecule has 0 radical (unpaired) electrons. The van der Waals surface area contributed by atoms with Crippen LogP contribution in [0.15, 0.2) is 52.0 Å². The van der Waals surface area contributed by atoms with E-state index in [4.69, 9.17) is 10.5 Å². The molecule has 1 aromatic heterocycles. The molecular formula is C17H16N4O3S2. The zero-order valence-electron chi connectivity index (χ0n) is 13.9. The third kappa shape index (κ3) is 4.12. The van der Waals surface area contributed by atoms with E-state index in [1.807, 2.05) is 17.5 Å². The minimum Gasteiger partial charge on any atom is -0.497 e. The summed E-state index contributed by atoms with van der Waals surface area (Å²) in [6, 6.07) is 10.6. The van der Waals surface area contributed by atoms with Gasteiger partial charge in [0.1, 0.15) is 11.0 Å². The highest BCUT2D eigenvalue weighted by molar-refractivity contribution is 8.14. The second kappa shape index (κ2) is 8.15. The average Bonchev–Trinajstić information content (AvgIpc) is 3.24. The van der Waals surface area contributed by atoms with Gasteiger partial charge in [0.15, 0.2) is 5.17 Å². The Morgan fingerprint density at radius 1 is 1.35 bits per heavy atom. The summed E-state index contributed by atoms with van der Waals surface area (Å²) in [5.74, 6) is 0.0665. The van der Waals surface area contributed by atoms with Gasteiger partial charge in [0, 0.05) is 11.3 Å². The number of thioether (sulfide) groups is 1. The fourth-order valence-electron chi connectivity index (χ4n) is 2.38. The summed E-state index contributed by atoms with van der Waals surface area (Å²) in [5, 5.41) is 9.24. The van der Waals surface area contributed by atoms with Crippen molar-refractivity contribution in [2.24, 2.45) is 15.9 Å². The van der Waals surface area contributed by atoms with E-state index in [0.717, 1.165) is 16.6 Å². The number of anilines is 1. The Morgan fingerprint density at radius 3 is 2.77 bits per heavy atom. The van der Waals surface area contributed by atoms with Crippen LogP contribution in [-0.2, 0) is 9.59 Å². The first-order valence-electron chi connectivity index (χ1n) is 7.66. The predicted molar refractivity (Wildman–Crippen MR) is 105 cm³/mol. The van der Waals surface area contributed by atoms with Crippen LogP contribution in [0.3, 0.4) is 0 Å². The molecular weight excluding hydrogens is 372 g/mol. The third-order valence-electron chi connectivity index (χ3n) is 3.58. The molecule has 1 aliphatic heterocycles. The second-order valence-electron chi connectivity index (χ2n) is 5.27. The summed E-state index contributed by atoms with van der Waals surface area (Å²) in [4.78, 5) is 26.9. The number of hydrogen-bond donors (Lipinski definition) is 1. The van der Waals surface area contributed by atoms with Crippen LogP contribution in [0.25, 0.3) is 0 Å². The SMILES string of the molecule is COc1ccc(N2C(=O)CC(S/C(N)=N/N=C/c3cccs3)C2=O)cc1. The van der Waals surface area contributed by atoms with Gasteiger partial charge in [-0.1, -0.05) is 17.8 Å². The summed E-state index contributed by atoms with van der Waals surface area (Å²) in [5.41, 5.74) is 6.34. The molecule has 0 spiro atoms. The highest BCUT2D eigenvalue weighted by Crippen LogP contribution is 2.30. The van der Waals surface area contributed by atoms with Crippen molar-refractivity contribution in [1.29, 1.82) is 0 Å². The number of carbonyl (C=O) groups is 2. The monoisotopic (exact) mass is 388 g/mol. The topological polar surface area (TPSA) is 97.3 Å². The van der Waals surface area contributed by atoms with Crippen LogP contribution >= 0.6 is 23.1 Å². The van der Waals surface area contributed by atoms with E-state index in [0.29, 0.717) is 11.4 Å². The summed E-state index contributed by atoms with van der Waals surface area (Å²) < 4.78 is 5.09. The molecule has 1 atom stereocenters. The molecule has 0 aliphatic carbocycles. The van der Waals surface area contributed by atoms with Crippen molar-refractivity contribution in [2.75, 3.05) is 12.0 Å².